The molecular weight excluding hydrogens is 280 g/mol. The van der Waals surface area contributed by atoms with E-state index in [1.54, 1.807) is 0 Å². The molecule has 2 aromatic rings. The van der Waals surface area contributed by atoms with Gasteiger partial charge in [-0.3, -0.25) is 0 Å². The van der Waals surface area contributed by atoms with E-state index >= 15 is 0 Å². The second kappa shape index (κ2) is 4.17. The lowest BCUT2D eigenvalue weighted by Gasteiger charge is -2.35. The Hall–Kier alpha value is -2.74. The van der Waals surface area contributed by atoms with E-state index in [0.29, 0.717) is 5.92 Å². The first-order valence-electron chi connectivity index (χ1n) is 8.04. The second-order valence-corrected chi connectivity index (χ2v) is 6.60. The molecule has 0 aromatic heterocycles. The third-order valence-corrected chi connectivity index (χ3v) is 5.40. The largest absolute Gasteiger partial charge is 0.372 e. The standard InChI is InChI=1S/C21H18N2/c1-3-13-9-18-19(10-14(13)4-2)23-21-12-17(21)16-8-6-5-7-15(16)11-20(21)22-18/h3-11,17,22-23H,1-2,12H2. The lowest BCUT2D eigenvalue weighted by atomic mass is 9.89. The average molecular weight is 298 g/mol. The molecule has 1 spiro atoms. The molecule has 1 aliphatic heterocycles. The van der Waals surface area contributed by atoms with Crippen molar-refractivity contribution in [1.29, 1.82) is 0 Å². The SMILES string of the molecule is C=Cc1cc2c(cc1C=C)NC13CC1c1ccccc1C=C3N2. The monoisotopic (exact) mass is 298 g/mol. The quantitative estimate of drug-likeness (QED) is 0.807. The smallest absolute Gasteiger partial charge is 0.0851 e. The Morgan fingerprint density at radius 3 is 2.57 bits per heavy atom. The maximum absolute atomic E-state index is 3.92. The highest BCUT2D eigenvalue weighted by molar-refractivity contribution is 5.88. The van der Waals surface area contributed by atoms with Gasteiger partial charge in [0, 0.05) is 11.6 Å². The summed E-state index contributed by atoms with van der Waals surface area (Å²) in [5.74, 6) is 0.561. The minimum absolute atomic E-state index is 0.0511. The Morgan fingerprint density at radius 1 is 1.04 bits per heavy atom. The summed E-state index contributed by atoms with van der Waals surface area (Å²) in [4.78, 5) is 0. The molecule has 2 unspecified atom stereocenters. The third-order valence-electron chi connectivity index (χ3n) is 5.40. The first-order chi connectivity index (χ1) is 11.2. The van der Waals surface area contributed by atoms with Gasteiger partial charge >= 0.3 is 0 Å². The van der Waals surface area contributed by atoms with Crippen molar-refractivity contribution in [1.82, 2.24) is 0 Å². The van der Waals surface area contributed by atoms with Gasteiger partial charge in [-0.05, 0) is 46.9 Å². The van der Waals surface area contributed by atoms with Gasteiger partial charge in [0.1, 0.15) is 0 Å². The number of hydrogen-bond acceptors (Lipinski definition) is 2. The van der Waals surface area contributed by atoms with E-state index in [1.807, 2.05) is 12.2 Å². The minimum atomic E-state index is 0.0511. The average Bonchev–Trinajstić information content (AvgIpc) is 3.31. The number of anilines is 2. The molecule has 2 N–H and O–H groups in total. The molecule has 1 heterocycles. The molecule has 0 saturated heterocycles. The Bertz CT molecular complexity index is 906. The van der Waals surface area contributed by atoms with Gasteiger partial charge in [0.25, 0.3) is 0 Å². The number of hydrogen-bond donors (Lipinski definition) is 2. The number of nitrogens with one attached hydrogen (secondary N) is 2. The van der Waals surface area contributed by atoms with Crippen LogP contribution in [0.4, 0.5) is 11.4 Å². The van der Waals surface area contributed by atoms with Gasteiger partial charge in [0.15, 0.2) is 0 Å². The molecule has 112 valence electrons. The summed E-state index contributed by atoms with van der Waals surface area (Å²) >= 11 is 0. The molecule has 2 aromatic carbocycles. The van der Waals surface area contributed by atoms with Crippen LogP contribution in [0.1, 0.15) is 34.6 Å². The molecule has 3 aliphatic rings. The molecule has 0 bridgehead atoms. The van der Waals surface area contributed by atoms with Gasteiger partial charge in [-0.25, -0.2) is 0 Å². The second-order valence-electron chi connectivity index (χ2n) is 6.60. The van der Waals surface area contributed by atoms with E-state index in [4.69, 9.17) is 0 Å². The zero-order chi connectivity index (χ0) is 15.6. The van der Waals surface area contributed by atoms with Crippen LogP contribution in [0.25, 0.3) is 18.2 Å². The van der Waals surface area contributed by atoms with Crippen LogP contribution >= 0.6 is 0 Å². The third kappa shape index (κ3) is 1.58. The van der Waals surface area contributed by atoms with Crippen LogP contribution in [0.2, 0.25) is 0 Å². The summed E-state index contributed by atoms with van der Waals surface area (Å²) in [6, 6.07) is 13.0. The molecule has 0 radical (unpaired) electrons. The van der Waals surface area contributed by atoms with Crippen molar-refractivity contribution in [2.24, 2.45) is 0 Å². The van der Waals surface area contributed by atoms with Crippen molar-refractivity contribution in [3.05, 3.63) is 77.5 Å². The van der Waals surface area contributed by atoms with Crippen LogP contribution < -0.4 is 10.6 Å². The maximum atomic E-state index is 3.92. The lowest BCUT2D eigenvalue weighted by molar-refractivity contribution is 0.804. The van der Waals surface area contributed by atoms with Crippen molar-refractivity contribution in [2.45, 2.75) is 17.9 Å². The van der Waals surface area contributed by atoms with Crippen molar-refractivity contribution < 1.29 is 0 Å². The Kier molecular flexibility index (Phi) is 2.31. The van der Waals surface area contributed by atoms with Gasteiger partial charge in [-0.1, -0.05) is 49.6 Å². The van der Waals surface area contributed by atoms with E-state index in [9.17, 15) is 0 Å². The number of benzene rings is 2. The molecule has 2 aliphatic carbocycles. The summed E-state index contributed by atoms with van der Waals surface area (Å²) in [5, 5.41) is 7.47. The van der Waals surface area contributed by atoms with Crippen LogP contribution in [-0.4, -0.2) is 5.54 Å². The van der Waals surface area contributed by atoms with Crippen LogP contribution in [-0.2, 0) is 0 Å². The van der Waals surface area contributed by atoms with E-state index < -0.39 is 0 Å². The molecule has 1 fully saturated rings. The van der Waals surface area contributed by atoms with Gasteiger partial charge in [-0.2, -0.15) is 0 Å². The van der Waals surface area contributed by atoms with E-state index in [1.165, 1.54) is 16.8 Å². The summed E-state index contributed by atoms with van der Waals surface area (Å²) in [7, 11) is 0. The first-order valence-corrected chi connectivity index (χ1v) is 8.04. The first kappa shape index (κ1) is 12.8. The normalized spacial score (nSPS) is 25.4. The zero-order valence-corrected chi connectivity index (χ0v) is 12.9. The van der Waals surface area contributed by atoms with Crippen LogP contribution in [0.5, 0.6) is 0 Å². The fourth-order valence-electron chi connectivity index (χ4n) is 4.11. The molecule has 23 heavy (non-hydrogen) atoms. The van der Waals surface area contributed by atoms with Crippen molar-refractivity contribution in [2.75, 3.05) is 10.6 Å². The number of rotatable bonds is 2. The number of fused-ring (bicyclic) bond motifs is 3. The van der Waals surface area contributed by atoms with Gasteiger partial charge in [0.05, 0.1) is 16.9 Å². The molecule has 2 heteroatoms. The Labute approximate surface area is 136 Å². The summed E-state index contributed by atoms with van der Waals surface area (Å²) in [6.45, 7) is 7.83. The topological polar surface area (TPSA) is 24.1 Å². The molecular formula is C21H18N2. The van der Waals surface area contributed by atoms with E-state index in [2.05, 4.69) is 66.3 Å². The van der Waals surface area contributed by atoms with Crippen molar-refractivity contribution >= 4 is 29.6 Å². The minimum Gasteiger partial charge on any atom is -0.372 e. The predicted octanol–water partition coefficient (Wildman–Crippen LogP) is 5.09. The summed E-state index contributed by atoms with van der Waals surface area (Å²) < 4.78 is 0. The molecule has 5 rings (SSSR count). The summed E-state index contributed by atoms with van der Waals surface area (Å²) in [6.07, 6.45) is 7.22. The fourth-order valence-corrected chi connectivity index (χ4v) is 4.11. The maximum Gasteiger partial charge on any atom is 0.0851 e. The fraction of sp³-hybridized carbons (Fsp3) is 0.143. The van der Waals surface area contributed by atoms with Crippen LogP contribution in [0.3, 0.4) is 0 Å². The molecule has 2 atom stereocenters. The Balaban J connectivity index is 1.66. The van der Waals surface area contributed by atoms with Crippen LogP contribution in [0, 0.1) is 0 Å². The highest BCUT2D eigenvalue weighted by Gasteiger charge is 2.61. The van der Waals surface area contributed by atoms with E-state index in [-0.39, 0.29) is 5.54 Å². The van der Waals surface area contributed by atoms with Crippen molar-refractivity contribution in [3.8, 4) is 0 Å². The predicted molar refractivity (Wildman–Crippen MR) is 98.4 cm³/mol. The van der Waals surface area contributed by atoms with Crippen molar-refractivity contribution in [3.63, 3.8) is 0 Å². The zero-order valence-electron chi connectivity index (χ0n) is 12.9. The molecule has 0 amide bonds. The molecule has 1 saturated carbocycles. The van der Waals surface area contributed by atoms with E-state index in [0.717, 1.165) is 28.9 Å². The van der Waals surface area contributed by atoms with Gasteiger partial charge < -0.3 is 10.6 Å². The van der Waals surface area contributed by atoms with Gasteiger partial charge in [0.2, 0.25) is 0 Å². The molecule has 2 nitrogen and oxygen atoms in total. The lowest BCUT2D eigenvalue weighted by Crippen LogP contribution is -2.36. The highest BCUT2D eigenvalue weighted by Crippen LogP contribution is 2.63. The Morgan fingerprint density at radius 2 is 1.78 bits per heavy atom. The highest BCUT2D eigenvalue weighted by atomic mass is 15.2. The summed E-state index contributed by atoms with van der Waals surface area (Å²) in [5.41, 5.74) is 8.63. The van der Waals surface area contributed by atoms with Crippen LogP contribution in [0.15, 0.2) is 55.3 Å². The van der Waals surface area contributed by atoms with Gasteiger partial charge in [-0.15, -0.1) is 0 Å².